The molecule has 2 rings (SSSR count). The van der Waals surface area contributed by atoms with Crippen LogP contribution in [0.4, 0.5) is 0 Å². The molecular weight excluding hydrogens is 292 g/mol. The molecule has 1 aromatic carbocycles. The van der Waals surface area contributed by atoms with Crippen molar-refractivity contribution in [2.45, 2.75) is 17.9 Å². The molecule has 1 aromatic rings. The van der Waals surface area contributed by atoms with Gasteiger partial charge in [0.15, 0.2) is 0 Å². The summed E-state index contributed by atoms with van der Waals surface area (Å²) in [7, 11) is -1.82. The third-order valence-electron chi connectivity index (χ3n) is 3.35. The predicted molar refractivity (Wildman–Crippen MR) is 80.0 cm³/mol. The van der Waals surface area contributed by atoms with Crippen LogP contribution in [0.25, 0.3) is 0 Å². The number of hydrogen-bond acceptors (Lipinski definition) is 5. The van der Waals surface area contributed by atoms with E-state index in [2.05, 4.69) is 5.32 Å². The third-order valence-corrected chi connectivity index (χ3v) is 5.23. The van der Waals surface area contributed by atoms with Crippen molar-refractivity contribution in [2.24, 2.45) is 0 Å². The zero-order valence-corrected chi connectivity index (χ0v) is 13.2. The first-order valence-electron chi connectivity index (χ1n) is 6.99. The van der Waals surface area contributed by atoms with E-state index in [4.69, 9.17) is 9.47 Å². The summed E-state index contributed by atoms with van der Waals surface area (Å²) in [6.07, 6.45) is 0. The molecule has 1 aliphatic rings. The third kappa shape index (κ3) is 4.16. The SMILES string of the molecule is COCCOc1ccc(S(=O)(=O)N2CCNC(C)C2)cc1. The Morgan fingerprint density at radius 1 is 1.29 bits per heavy atom. The van der Waals surface area contributed by atoms with Gasteiger partial charge in [0.05, 0.1) is 11.5 Å². The van der Waals surface area contributed by atoms with E-state index >= 15 is 0 Å². The fraction of sp³-hybridized carbons (Fsp3) is 0.571. The molecular formula is C14H22N2O4S. The van der Waals surface area contributed by atoms with E-state index in [1.165, 1.54) is 4.31 Å². The van der Waals surface area contributed by atoms with Gasteiger partial charge in [-0.15, -0.1) is 0 Å². The van der Waals surface area contributed by atoms with Gasteiger partial charge in [0.2, 0.25) is 10.0 Å². The molecule has 118 valence electrons. The number of methoxy groups -OCH3 is 1. The summed E-state index contributed by atoms with van der Waals surface area (Å²) in [4.78, 5) is 0.302. The number of nitrogens with one attached hydrogen (secondary N) is 1. The number of rotatable bonds is 6. The normalized spacial score (nSPS) is 20.4. The summed E-state index contributed by atoms with van der Waals surface area (Å²) in [6, 6.07) is 6.70. The predicted octanol–water partition coefficient (Wildman–Crippen LogP) is 0.694. The fourth-order valence-electron chi connectivity index (χ4n) is 2.22. The molecule has 0 radical (unpaired) electrons. The molecule has 0 aliphatic carbocycles. The summed E-state index contributed by atoms with van der Waals surface area (Å²) in [5, 5.41) is 3.24. The van der Waals surface area contributed by atoms with Crippen LogP contribution in [-0.4, -0.2) is 58.7 Å². The van der Waals surface area contributed by atoms with Crippen LogP contribution in [0.15, 0.2) is 29.2 Å². The van der Waals surface area contributed by atoms with Gasteiger partial charge >= 0.3 is 0 Å². The van der Waals surface area contributed by atoms with Crippen molar-refractivity contribution in [2.75, 3.05) is 40.0 Å². The zero-order chi connectivity index (χ0) is 15.3. The Morgan fingerprint density at radius 2 is 2.00 bits per heavy atom. The molecule has 0 bridgehead atoms. The maximum Gasteiger partial charge on any atom is 0.243 e. The van der Waals surface area contributed by atoms with E-state index < -0.39 is 10.0 Å². The van der Waals surface area contributed by atoms with E-state index in [1.807, 2.05) is 6.92 Å². The lowest BCUT2D eigenvalue weighted by atomic mass is 10.3. The van der Waals surface area contributed by atoms with Crippen molar-refractivity contribution in [1.29, 1.82) is 0 Å². The summed E-state index contributed by atoms with van der Waals surface area (Å²) < 4.78 is 36.9. The minimum absolute atomic E-state index is 0.171. The first-order chi connectivity index (χ1) is 10.0. The van der Waals surface area contributed by atoms with Crippen LogP contribution in [0.3, 0.4) is 0 Å². The van der Waals surface area contributed by atoms with Crippen LogP contribution in [0, 0.1) is 0 Å². The lowest BCUT2D eigenvalue weighted by Gasteiger charge is -2.31. The summed E-state index contributed by atoms with van der Waals surface area (Å²) >= 11 is 0. The number of benzene rings is 1. The first-order valence-corrected chi connectivity index (χ1v) is 8.43. The van der Waals surface area contributed by atoms with E-state index in [9.17, 15) is 8.42 Å². The zero-order valence-electron chi connectivity index (χ0n) is 12.4. The van der Waals surface area contributed by atoms with Crippen molar-refractivity contribution in [1.82, 2.24) is 9.62 Å². The number of hydrogen-bond donors (Lipinski definition) is 1. The molecule has 1 heterocycles. The summed E-state index contributed by atoms with van der Waals surface area (Å²) in [6.45, 7) is 4.59. The second kappa shape index (κ2) is 7.22. The van der Waals surface area contributed by atoms with Gasteiger partial charge in [-0.2, -0.15) is 4.31 Å². The van der Waals surface area contributed by atoms with E-state index in [1.54, 1.807) is 31.4 Å². The average molecular weight is 314 g/mol. The smallest absolute Gasteiger partial charge is 0.243 e. The van der Waals surface area contributed by atoms with E-state index in [-0.39, 0.29) is 6.04 Å². The van der Waals surface area contributed by atoms with Crippen LogP contribution in [0.2, 0.25) is 0 Å². The lowest BCUT2D eigenvalue weighted by Crippen LogP contribution is -2.51. The molecule has 0 saturated carbocycles. The first kappa shape index (κ1) is 16.2. The maximum atomic E-state index is 12.5. The highest BCUT2D eigenvalue weighted by atomic mass is 32.2. The largest absolute Gasteiger partial charge is 0.491 e. The van der Waals surface area contributed by atoms with Gasteiger partial charge in [0.25, 0.3) is 0 Å². The highest BCUT2D eigenvalue weighted by Gasteiger charge is 2.28. The molecule has 1 fully saturated rings. The highest BCUT2D eigenvalue weighted by Crippen LogP contribution is 2.20. The van der Waals surface area contributed by atoms with Crippen molar-refractivity contribution in [3.63, 3.8) is 0 Å². The number of ether oxygens (including phenoxy) is 2. The van der Waals surface area contributed by atoms with Gasteiger partial charge in [-0.3, -0.25) is 0 Å². The Balaban J connectivity index is 2.06. The molecule has 1 aliphatic heterocycles. The van der Waals surface area contributed by atoms with Crippen molar-refractivity contribution < 1.29 is 17.9 Å². The average Bonchev–Trinajstić information content (AvgIpc) is 2.48. The molecule has 21 heavy (non-hydrogen) atoms. The second-order valence-corrected chi connectivity index (χ2v) is 6.97. The van der Waals surface area contributed by atoms with Gasteiger partial charge in [-0.25, -0.2) is 8.42 Å². The maximum absolute atomic E-state index is 12.5. The van der Waals surface area contributed by atoms with E-state index in [0.717, 1.165) is 0 Å². The van der Waals surface area contributed by atoms with Crippen molar-refractivity contribution in [3.8, 4) is 5.75 Å². The van der Waals surface area contributed by atoms with Gasteiger partial charge in [-0.05, 0) is 31.2 Å². The quantitative estimate of drug-likeness (QED) is 0.783. The number of piperazine rings is 1. The Labute approximate surface area is 126 Å². The topological polar surface area (TPSA) is 67.9 Å². The summed E-state index contributed by atoms with van der Waals surface area (Å²) in [5.74, 6) is 0.639. The van der Waals surface area contributed by atoms with Gasteiger partial charge in [-0.1, -0.05) is 0 Å². The van der Waals surface area contributed by atoms with Gasteiger partial charge in [0.1, 0.15) is 12.4 Å². The standard InChI is InChI=1S/C14H22N2O4S/c1-12-11-16(8-7-15-12)21(17,18)14-5-3-13(4-6-14)20-10-9-19-2/h3-6,12,15H,7-11H2,1-2H3. The molecule has 1 atom stereocenters. The second-order valence-electron chi connectivity index (χ2n) is 5.03. The highest BCUT2D eigenvalue weighted by molar-refractivity contribution is 7.89. The van der Waals surface area contributed by atoms with Crippen LogP contribution in [-0.2, 0) is 14.8 Å². The van der Waals surface area contributed by atoms with Crippen LogP contribution >= 0.6 is 0 Å². The fourth-order valence-corrected chi connectivity index (χ4v) is 3.74. The Kier molecular flexibility index (Phi) is 5.58. The van der Waals surface area contributed by atoms with Gasteiger partial charge < -0.3 is 14.8 Å². The molecule has 7 heteroatoms. The molecule has 6 nitrogen and oxygen atoms in total. The number of sulfonamides is 1. The molecule has 1 N–H and O–H groups in total. The van der Waals surface area contributed by atoms with Crippen molar-refractivity contribution >= 4 is 10.0 Å². The van der Waals surface area contributed by atoms with Crippen LogP contribution in [0.5, 0.6) is 5.75 Å². The molecule has 0 amide bonds. The van der Waals surface area contributed by atoms with Gasteiger partial charge in [0, 0.05) is 32.8 Å². The van der Waals surface area contributed by atoms with Crippen molar-refractivity contribution in [3.05, 3.63) is 24.3 Å². The molecule has 0 aromatic heterocycles. The van der Waals surface area contributed by atoms with Crippen LogP contribution in [0.1, 0.15) is 6.92 Å². The minimum Gasteiger partial charge on any atom is -0.491 e. The Morgan fingerprint density at radius 3 is 2.62 bits per heavy atom. The Hall–Kier alpha value is -1.15. The van der Waals surface area contributed by atoms with Crippen LogP contribution < -0.4 is 10.1 Å². The minimum atomic E-state index is -3.42. The Bertz CT molecular complexity index is 545. The summed E-state index contributed by atoms with van der Waals surface area (Å²) in [5.41, 5.74) is 0. The molecule has 1 saturated heterocycles. The molecule has 0 spiro atoms. The van der Waals surface area contributed by atoms with E-state index in [0.29, 0.717) is 43.5 Å². The molecule has 1 unspecified atom stereocenters. The number of nitrogens with zero attached hydrogens (tertiary/aromatic N) is 1. The monoisotopic (exact) mass is 314 g/mol. The lowest BCUT2D eigenvalue weighted by molar-refractivity contribution is 0.146.